The Morgan fingerprint density at radius 1 is 1.25 bits per heavy atom. The molecule has 10 heteroatoms. The summed E-state index contributed by atoms with van der Waals surface area (Å²) in [7, 11) is 1.69. The average Bonchev–Trinajstić information content (AvgIpc) is 2.89. The van der Waals surface area contributed by atoms with E-state index < -0.39 is 0 Å². The summed E-state index contributed by atoms with van der Waals surface area (Å²) in [6.07, 6.45) is 2.22. The zero-order chi connectivity index (χ0) is 17.3. The molecule has 1 saturated carbocycles. The van der Waals surface area contributed by atoms with Gasteiger partial charge in [0.25, 0.3) is 11.8 Å². The number of carbonyl (C=O) groups is 3. The molecule has 2 heterocycles. The highest BCUT2D eigenvalue weighted by Gasteiger charge is 2.40. The van der Waals surface area contributed by atoms with Crippen LogP contribution < -0.4 is 16.0 Å². The number of aromatic nitrogens is 3. The minimum absolute atomic E-state index is 0.107. The number of carbonyl (C=O) groups excluding carboxylic acids is 3. The molecule has 3 amide bonds. The van der Waals surface area contributed by atoms with Gasteiger partial charge in [0.05, 0.1) is 12.1 Å². The van der Waals surface area contributed by atoms with Crippen molar-refractivity contribution in [1.29, 1.82) is 0 Å². The normalized spacial score (nSPS) is 18.8. The Hall–Kier alpha value is -2.75. The Bertz CT molecular complexity index is 798. The van der Waals surface area contributed by atoms with Gasteiger partial charge < -0.3 is 16.0 Å². The first kappa shape index (κ1) is 16.1. The highest BCUT2D eigenvalue weighted by Crippen LogP contribution is 2.23. The minimum Gasteiger partial charge on any atom is -0.346 e. The third-order valence-corrected chi connectivity index (χ3v) is 4.25. The molecule has 0 aromatic carbocycles. The van der Waals surface area contributed by atoms with Gasteiger partial charge in [0.1, 0.15) is 11.4 Å². The maximum atomic E-state index is 12.1. The lowest BCUT2D eigenvalue weighted by Gasteiger charge is -2.05. The molecule has 1 aliphatic carbocycles. The Labute approximate surface area is 141 Å². The predicted molar refractivity (Wildman–Crippen MR) is 86.8 cm³/mol. The van der Waals surface area contributed by atoms with E-state index >= 15 is 0 Å². The van der Waals surface area contributed by atoms with E-state index in [0.29, 0.717) is 17.2 Å². The molecule has 1 fully saturated rings. The maximum Gasteiger partial charge on any atom is 0.271 e. The Morgan fingerprint density at radius 3 is 2.58 bits per heavy atom. The van der Waals surface area contributed by atoms with Crippen LogP contribution in [0.2, 0.25) is 0 Å². The molecule has 24 heavy (non-hydrogen) atoms. The highest BCUT2D eigenvalue weighted by atomic mass is 32.1. The number of nitrogens with one attached hydrogen (secondary N) is 3. The number of nitrogens with zero attached hydrogens (tertiary/aromatic N) is 3. The summed E-state index contributed by atoms with van der Waals surface area (Å²) >= 11 is 1.18. The largest absolute Gasteiger partial charge is 0.346 e. The summed E-state index contributed by atoms with van der Waals surface area (Å²) in [6, 6.07) is 1.40. The van der Waals surface area contributed by atoms with Crippen molar-refractivity contribution in [3.63, 3.8) is 0 Å². The summed E-state index contributed by atoms with van der Waals surface area (Å²) in [4.78, 5) is 39.2. The molecule has 126 valence electrons. The minimum atomic E-state index is -0.329. The number of aryl methyl sites for hydroxylation is 1. The van der Waals surface area contributed by atoms with Gasteiger partial charge in [0.15, 0.2) is 5.13 Å². The molecule has 0 unspecified atom stereocenters. The molecule has 0 radical (unpaired) electrons. The SMILES string of the molecule is CC(=O)Nc1nc(C(=O)N[C@@H]2C[C@H]2NC(=O)c2ccnn2C)cs1. The van der Waals surface area contributed by atoms with Gasteiger partial charge in [-0.25, -0.2) is 4.98 Å². The standard InChI is InChI=1S/C14H16N6O3S/c1-7(21)16-14-19-10(6-24-14)12(22)17-8-5-9(8)18-13(23)11-3-4-15-20(11)2/h3-4,6,8-9H,5H2,1-2H3,(H,17,22)(H,18,23)(H,16,19,21)/t8-,9-/m1/s1. The van der Waals surface area contributed by atoms with E-state index in [1.807, 2.05) is 0 Å². The lowest BCUT2D eigenvalue weighted by atomic mass is 10.4. The van der Waals surface area contributed by atoms with E-state index in [9.17, 15) is 14.4 Å². The lowest BCUT2D eigenvalue weighted by molar-refractivity contribution is -0.114. The number of rotatable bonds is 5. The highest BCUT2D eigenvalue weighted by molar-refractivity contribution is 7.14. The van der Waals surface area contributed by atoms with Gasteiger partial charge >= 0.3 is 0 Å². The number of hydrogen-bond acceptors (Lipinski definition) is 6. The smallest absolute Gasteiger partial charge is 0.271 e. The molecule has 0 saturated heterocycles. The van der Waals surface area contributed by atoms with Crippen LogP contribution in [0.1, 0.15) is 34.3 Å². The van der Waals surface area contributed by atoms with Gasteiger partial charge in [0, 0.05) is 25.5 Å². The molecule has 0 spiro atoms. The van der Waals surface area contributed by atoms with Crippen molar-refractivity contribution in [2.75, 3.05) is 5.32 Å². The van der Waals surface area contributed by atoms with Crippen molar-refractivity contribution in [3.05, 3.63) is 29.0 Å². The van der Waals surface area contributed by atoms with Gasteiger partial charge in [0.2, 0.25) is 5.91 Å². The number of hydrogen-bond donors (Lipinski definition) is 3. The van der Waals surface area contributed by atoms with Crippen LogP contribution in [0, 0.1) is 0 Å². The van der Waals surface area contributed by atoms with Gasteiger partial charge in [-0.15, -0.1) is 11.3 Å². The second-order valence-corrected chi connectivity index (χ2v) is 6.31. The first-order valence-corrected chi connectivity index (χ1v) is 8.15. The number of thiazole rings is 1. The summed E-state index contributed by atoms with van der Waals surface area (Å²) in [6.45, 7) is 1.38. The second-order valence-electron chi connectivity index (χ2n) is 5.45. The average molecular weight is 348 g/mol. The fraction of sp³-hybridized carbons (Fsp3) is 0.357. The van der Waals surface area contributed by atoms with Crippen LogP contribution in [0.4, 0.5) is 5.13 Å². The fourth-order valence-electron chi connectivity index (χ4n) is 2.18. The molecule has 3 rings (SSSR count). The molecule has 0 aliphatic heterocycles. The Morgan fingerprint density at radius 2 is 1.96 bits per heavy atom. The van der Waals surface area contributed by atoms with Crippen LogP contribution >= 0.6 is 11.3 Å². The molecule has 1 aliphatic rings. The lowest BCUT2D eigenvalue weighted by Crippen LogP contribution is -2.35. The van der Waals surface area contributed by atoms with Crippen molar-refractivity contribution >= 4 is 34.2 Å². The summed E-state index contributed by atoms with van der Waals surface area (Å²) in [5, 5.41) is 14.1. The molecule has 0 bridgehead atoms. The molecule has 2 atom stereocenters. The second kappa shape index (κ2) is 6.40. The maximum absolute atomic E-state index is 12.1. The monoisotopic (exact) mass is 348 g/mol. The van der Waals surface area contributed by atoms with Gasteiger partial charge in [-0.3, -0.25) is 19.1 Å². The Balaban J connectivity index is 1.50. The van der Waals surface area contributed by atoms with Crippen molar-refractivity contribution < 1.29 is 14.4 Å². The molecule has 3 N–H and O–H groups in total. The van der Waals surface area contributed by atoms with Crippen LogP contribution in [0.15, 0.2) is 17.6 Å². The van der Waals surface area contributed by atoms with Crippen molar-refractivity contribution in [2.45, 2.75) is 25.4 Å². The van der Waals surface area contributed by atoms with E-state index in [1.165, 1.54) is 22.9 Å². The topological polar surface area (TPSA) is 118 Å². The summed E-state index contributed by atoms with van der Waals surface area (Å²) in [5.41, 5.74) is 0.707. The molecule has 9 nitrogen and oxygen atoms in total. The quantitative estimate of drug-likeness (QED) is 0.710. The summed E-state index contributed by atoms with van der Waals surface area (Å²) in [5.74, 6) is -0.792. The predicted octanol–water partition coefficient (Wildman–Crippen LogP) is 0.136. The van der Waals surface area contributed by atoms with Crippen LogP contribution in [0.25, 0.3) is 0 Å². The number of amides is 3. The van der Waals surface area contributed by atoms with Gasteiger partial charge in [-0.05, 0) is 12.5 Å². The van der Waals surface area contributed by atoms with Crippen LogP contribution in [0.5, 0.6) is 0 Å². The molecule has 2 aromatic rings. The van der Waals surface area contributed by atoms with Gasteiger partial charge in [-0.2, -0.15) is 5.10 Å². The first-order valence-electron chi connectivity index (χ1n) is 7.27. The van der Waals surface area contributed by atoms with Crippen molar-refractivity contribution in [3.8, 4) is 0 Å². The fourth-order valence-corrected chi connectivity index (χ4v) is 2.92. The Kier molecular flexibility index (Phi) is 4.30. The van der Waals surface area contributed by atoms with Gasteiger partial charge in [-0.1, -0.05) is 0 Å². The van der Waals surface area contributed by atoms with Crippen molar-refractivity contribution in [1.82, 2.24) is 25.4 Å². The third kappa shape index (κ3) is 3.59. The first-order chi connectivity index (χ1) is 11.4. The van der Waals surface area contributed by atoms with E-state index in [2.05, 4.69) is 26.0 Å². The van der Waals surface area contributed by atoms with Crippen LogP contribution in [-0.2, 0) is 11.8 Å². The van der Waals surface area contributed by atoms with E-state index in [0.717, 1.165) is 0 Å². The van der Waals surface area contributed by atoms with Crippen LogP contribution in [-0.4, -0.2) is 44.6 Å². The van der Waals surface area contributed by atoms with E-state index in [4.69, 9.17) is 0 Å². The zero-order valence-corrected chi connectivity index (χ0v) is 13.9. The van der Waals surface area contributed by atoms with Crippen molar-refractivity contribution in [2.24, 2.45) is 7.05 Å². The van der Waals surface area contributed by atoms with E-state index in [-0.39, 0.29) is 35.5 Å². The van der Waals surface area contributed by atoms with E-state index in [1.54, 1.807) is 24.7 Å². The number of anilines is 1. The van der Waals surface area contributed by atoms with Crippen LogP contribution in [0.3, 0.4) is 0 Å². The summed E-state index contributed by atoms with van der Waals surface area (Å²) < 4.78 is 1.49. The molecular weight excluding hydrogens is 332 g/mol. The molecular formula is C14H16N6O3S. The molecule has 2 aromatic heterocycles. The zero-order valence-electron chi connectivity index (χ0n) is 13.1. The third-order valence-electron chi connectivity index (χ3n) is 3.50.